The van der Waals surface area contributed by atoms with Crippen LogP contribution in [0.1, 0.15) is 33.3 Å². The zero-order chi connectivity index (χ0) is 12.2. The Morgan fingerprint density at radius 1 is 1.25 bits per heavy atom. The molecule has 0 saturated carbocycles. The number of para-hydroxylation sites is 1. The second-order valence-corrected chi connectivity index (χ2v) is 5.96. The third kappa shape index (κ3) is 3.82. The molecule has 1 nitrogen and oxygen atoms in total. The SMILES string of the molecule is CC(CBr)COc1ccccc1C(C)(C)C. The van der Waals surface area contributed by atoms with Gasteiger partial charge in [0.25, 0.3) is 0 Å². The lowest BCUT2D eigenvalue weighted by Gasteiger charge is -2.23. The maximum absolute atomic E-state index is 5.89. The molecule has 1 rings (SSSR count). The number of hydrogen-bond acceptors (Lipinski definition) is 1. The molecule has 0 aromatic heterocycles. The predicted octanol–water partition coefficient (Wildman–Crippen LogP) is 4.39. The summed E-state index contributed by atoms with van der Waals surface area (Å²) in [6.07, 6.45) is 0. The van der Waals surface area contributed by atoms with Crippen molar-refractivity contribution < 1.29 is 4.74 Å². The Bertz CT molecular complexity index is 328. The van der Waals surface area contributed by atoms with E-state index >= 15 is 0 Å². The van der Waals surface area contributed by atoms with Gasteiger partial charge in [-0.05, 0) is 23.0 Å². The lowest BCUT2D eigenvalue weighted by Crippen LogP contribution is -2.16. The van der Waals surface area contributed by atoms with Crippen LogP contribution in [0.25, 0.3) is 0 Å². The lowest BCUT2D eigenvalue weighted by molar-refractivity contribution is 0.268. The fourth-order valence-corrected chi connectivity index (χ4v) is 1.68. The monoisotopic (exact) mass is 284 g/mol. The Hall–Kier alpha value is -0.500. The van der Waals surface area contributed by atoms with Gasteiger partial charge in [0.15, 0.2) is 0 Å². The minimum absolute atomic E-state index is 0.133. The minimum Gasteiger partial charge on any atom is -0.493 e. The molecule has 0 spiro atoms. The van der Waals surface area contributed by atoms with Gasteiger partial charge in [-0.1, -0.05) is 61.8 Å². The predicted molar refractivity (Wildman–Crippen MR) is 73.6 cm³/mol. The number of rotatable bonds is 4. The fourth-order valence-electron chi connectivity index (χ4n) is 1.49. The van der Waals surface area contributed by atoms with E-state index in [0.29, 0.717) is 5.92 Å². The molecule has 1 aromatic carbocycles. The van der Waals surface area contributed by atoms with Gasteiger partial charge in [0, 0.05) is 5.33 Å². The van der Waals surface area contributed by atoms with Crippen molar-refractivity contribution in [3.05, 3.63) is 29.8 Å². The van der Waals surface area contributed by atoms with E-state index in [2.05, 4.69) is 61.8 Å². The Kier molecular flexibility index (Phi) is 4.85. The molecule has 0 aliphatic carbocycles. The Labute approximate surface area is 107 Å². The van der Waals surface area contributed by atoms with E-state index in [0.717, 1.165) is 17.7 Å². The van der Waals surface area contributed by atoms with E-state index in [1.807, 2.05) is 6.07 Å². The summed E-state index contributed by atoms with van der Waals surface area (Å²) in [4.78, 5) is 0. The molecule has 90 valence electrons. The Morgan fingerprint density at radius 2 is 1.88 bits per heavy atom. The van der Waals surface area contributed by atoms with Crippen LogP contribution < -0.4 is 4.74 Å². The van der Waals surface area contributed by atoms with Crippen LogP contribution in [0.2, 0.25) is 0 Å². The van der Waals surface area contributed by atoms with E-state index in [4.69, 9.17) is 4.74 Å². The summed E-state index contributed by atoms with van der Waals surface area (Å²) in [5, 5.41) is 0.977. The molecule has 0 N–H and O–H groups in total. The van der Waals surface area contributed by atoms with E-state index in [-0.39, 0.29) is 5.41 Å². The number of ether oxygens (including phenoxy) is 1. The van der Waals surface area contributed by atoms with Crippen molar-refractivity contribution in [2.24, 2.45) is 5.92 Å². The van der Waals surface area contributed by atoms with Crippen LogP contribution in [0.4, 0.5) is 0 Å². The molecule has 2 heteroatoms. The van der Waals surface area contributed by atoms with Crippen molar-refractivity contribution in [1.82, 2.24) is 0 Å². The summed E-state index contributed by atoms with van der Waals surface area (Å²) >= 11 is 3.47. The third-order valence-corrected chi connectivity index (χ3v) is 3.59. The topological polar surface area (TPSA) is 9.23 Å². The van der Waals surface area contributed by atoms with Crippen molar-refractivity contribution in [2.75, 3.05) is 11.9 Å². The standard InChI is InChI=1S/C14H21BrO/c1-11(9-15)10-16-13-8-6-5-7-12(13)14(2,3)4/h5-8,11H,9-10H2,1-4H3. The van der Waals surface area contributed by atoms with Gasteiger partial charge in [0.1, 0.15) is 5.75 Å². The molecule has 0 bridgehead atoms. The van der Waals surface area contributed by atoms with Gasteiger partial charge in [-0.15, -0.1) is 0 Å². The maximum Gasteiger partial charge on any atom is 0.123 e. The molecule has 0 saturated heterocycles. The van der Waals surface area contributed by atoms with Gasteiger partial charge in [0.2, 0.25) is 0 Å². The highest BCUT2D eigenvalue weighted by molar-refractivity contribution is 9.09. The summed E-state index contributed by atoms with van der Waals surface area (Å²) < 4.78 is 5.89. The van der Waals surface area contributed by atoms with Crippen molar-refractivity contribution >= 4 is 15.9 Å². The number of hydrogen-bond donors (Lipinski definition) is 0. The molecule has 0 amide bonds. The Balaban J connectivity index is 2.80. The number of halogens is 1. The van der Waals surface area contributed by atoms with E-state index in [9.17, 15) is 0 Å². The van der Waals surface area contributed by atoms with Crippen molar-refractivity contribution in [3.8, 4) is 5.75 Å². The van der Waals surface area contributed by atoms with Gasteiger partial charge in [-0.3, -0.25) is 0 Å². The fraction of sp³-hybridized carbons (Fsp3) is 0.571. The molecular weight excluding hydrogens is 264 g/mol. The molecule has 1 atom stereocenters. The molecule has 1 aromatic rings. The van der Waals surface area contributed by atoms with Gasteiger partial charge in [-0.2, -0.15) is 0 Å². The number of alkyl halides is 1. The largest absolute Gasteiger partial charge is 0.493 e. The average molecular weight is 285 g/mol. The van der Waals surface area contributed by atoms with Crippen LogP contribution in [0.5, 0.6) is 5.75 Å². The lowest BCUT2D eigenvalue weighted by atomic mass is 9.86. The summed E-state index contributed by atoms with van der Waals surface area (Å²) in [5.41, 5.74) is 1.41. The molecule has 0 fully saturated rings. The molecule has 0 aliphatic rings. The summed E-state index contributed by atoms with van der Waals surface area (Å²) in [5.74, 6) is 1.55. The normalized spacial score (nSPS) is 13.6. The van der Waals surface area contributed by atoms with Crippen LogP contribution in [-0.4, -0.2) is 11.9 Å². The van der Waals surface area contributed by atoms with Gasteiger partial charge in [0.05, 0.1) is 6.61 Å². The number of benzene rings is 1. The first-order chi connectivity index (χ1) is 7.45. The van der Waals surface area contributed by atoms with E-state index < -0.39 is 0 Å². The second kappa shape index (κ2) is 5.72. The Morgan fingerprint density at radius 3 is 2.44 bits per heavy atom. The van der Waals surface area contributed by atoms with Crippen LogP contribution in [0, 0.1) is 5.92 Å². The van der Waals surface area contributed by atoms with Crippen molar-refractivity contribution in [1.29, 1.82) is 0 Å². The van der Waals surface area contributed by atoms with E-state index in [1.165, 1.54) is 5.56 Å². The molecule has 0 aliphatic heterocycles. The summed E-state index contributed by atoms with van der Waals surface area (Å²) in [6, 6.07) is 8.31. The van der Waals surface area contributed by atoms with Crippen LogP contribution >= 0.6 is 15.9 Å². The minimum atomic E-state index is 0.133. The van der Waals surface area contributed by atoms with Crippen molar-refractivity contribution in [3.63, 3.8) is 0 Å². The zero-order valence-corrected chi connectivity index (χ0v) is 12.2. The maximum atomic E-state index is 5.89. The first-order valence-corrected chi connectivity index (χ1v) is 6.85. The molecule has 0 heterocycles. The van der Waals surface area contributed by atoms with Gasteiger partial charge >= 0.3 is 0 Å². The van der Waals surface area contributed by atoms with Crippen LogP contribution in [0.3, 0.4) is 0 Å². The third-order valence-electron chi connectivity index (χ3n) is 2.48. The molecule has 0 radical (unpaired) electrons. The molecular formula is C14H21BrO. The van der Waals surface area contributed by atoms with Crippen LogP contribution in [-0.2, 0) is 5.41 Å². The van der Waals surface area contributed by atoms with Crippen LogP contribution in [0.15, 0.2) is 24.3 Å². The zero-order valence-electron chi connectivity index (χ0n) is 10.6. The highest BCUT2D eigenvalue weighted by Gasteiger charge is 2.18. The smallest absolute Gasteiger partial charge is 0.123 e. The van der Waals surface area contributed by atoms with Gasteiger partial charge in [-0.25, -0.2) is 0 Å². The highest BCUT2D eigenvalue weighted by atomic mass is 79.9. The van der Waals surface area contributed by atoms with E-state index in [1.54, 1.807) is 0 Å². The summed E-state index contributed by atoms with van der Waals surface area (Å²) in [7, 11) is 0. The molecule has 1 unspecified atom stereocenters. The highest BCUT2D eigenvalue weighted by Crippen LogP contribution is 2.31. The first kappa shape index (κ1) is 13.6. The van der Waals surface area contributed by atoms with Crippen molar-refractivity contribution in [2.45, 2.75) is 33.1 Å². The van der Waals surface area contributed by atoms with Gasteiger partial charge < -0.3 is 4.74 Å². The quantitative estimate of drug-likeness (QED) is 0.745. The summed E-state index contributed by atoms with van der Waals surface area (Å²) in [6.45, 7) is 9.57. The average Bonchev–Trinajstić information content (AvgIpc) is 2.25. The molecule has 16 heavy (non-hydrogen) atoms. The second-order valence-electron chi connectivity index (χ2n) is 5.32. The first-order valence-electron chi connectivity index (χ1n) is 5.73.